The second kappa shape index (κ2) is 6.75. The summed E-state index contributed by atoms with van der Waals surface area (Å²) < 4.78 is 18.2. The van der Waals surface area contributed by atoms with Crippen molar-refractivity contribution in [2.75, 3.05) is 0 Å². The molecule has 5 heteroatoms. The number of nitrogens with two attached hydrogens (primary N) is 1. The summed E-state index contributed by atoms with van der Waals surface area (Å²) >= 11 is 0. The highest BCUT2D eigenvalue weighted by molar-refractivity contribution is 5.94. The van der Waals surface area contributed by atoms with Gasteiger partial charge in [0, 0.05) is 5.56 Å². The highest BCUT2D eigenvalue weighted by atomic mass is 35.5. The van der Waals surface area contributed by atoms with Gasteiger partial charge in [-0.15, -0.1) is 12.4 Å². The van der Waals surface area contributed by atoms with Gasteiger partial charge in [0.25, 0.3) is 0 Å². The predicted octanol–water partition coefficient (Wildman–Crippen LogP) is 3.11. The molecule has 0 unspecified atom stereocenters. The Hall–Kier alpha value is -2.07. The van der Waals surface area contributed by atoms with Gasteiger partial charge in [-0.25, -0.2) is 4.39 Å². The van der Waals surface area contributed by atoms with Crippen LogP contribution in [0.25, 0.3) is 0 Å². The van der Waals surface area contributed by atoms with Gasteiger partial charge in [-0.05, 0) is 42.0 Å². The van der Waals surface area contributed by atoms with Crippen LogP contribution in [-0.2, 0) is 6.61 Å². The van der Waals surface area contributed by atoms with Gasteiger partial charge in [-0.1, -0.05) is 12.1 Å². The van der Waals surface area contributed by atoms with E-state index in [9.17, 15) is 4.39 Å². The number of hydrogen-bond donors (Lipinski definition) is 2. The summed E-state index contributed by atoms with van der Waals surface area (Å²) in [6.45, 7) is 0.375. The van der Waals surface area contributed by atoms with Crippen LogP contribution in [0.5, 0.6) is 5.75 Å². The van der Waals surface area contributed by atoms with Gasteiger partial charge in [-0.3, -0.25) is 5.41 Å². The van der Waals surface area contributed by atoms with Crippen LogP contribution in [0.2, 0.25) is 0 Å². The second-order valence-electron chi connectivity index (χ2n) is 3.85. The third kappa shape index (κ3) is 4.26. The fraction of sp³-hybridized carbons (Fsp3) is 0.0714. The lowest BCUT2D eigenvalue weighted by molar-refractivity contribution is 0.306. The molecule has 0 fully saturated rings. The van der Waals surface area contributed by atoms with Crippen LogP contribution >= 0.6 is 12.4 Å². The van der Waals surface area contributed by atoms with E-state index in [2.05, 4.69) is 0 Å². The maximum atomic E-state index is 12.7. The molecule has 0 aliphatic heterocycles. The fourth-order valence-electron chi connectivity index (χ4n) is 1.48. The molecule has 3 nitrogen and oxygen atoms in total. The zero-order chi connectivity index (χ0) is 13.0. The Morgan fingerprint density at radius 1 is 1.05 bits per heavy atom. The molecule has 100 valence electrons. The number of ether oxygens (including phenoxy) is 1. The Morgan fingerprint density at radius 2 is 1.63 bits per heavy atom. The minimum Gasteiger partial charge on any atom is -0.489 e. The molecule has 0 saturated carbocycles. The van der Waals surface area contributed by atoms with Gasteiger partial charge in [0.15, 0.2) is 0 Å². The lowest BCUT2D eigenvalue weighted by atomic mass is 10.2. The van der Waals surface area contributed by atoms with Crippen LogP contribution in [0, 0.1) is 11.2 Å². The summed E-state index contributed by atoms with van der Waals surface area (Å²) in [5.41, 5.74) is 6.90. The molecule has 0 radical (unpaired) electrons. The van der Waals surface area contributed by atoms with Crippen molar-refractivity contribution in [1.29, 1.82) is 5.41 Å². The normalized spacial score (nSPS) is 9.53. The Balaban J connectivity index is 0.00000180. The number of hydrogen-bond acceptors (Lipinski definition) is 2. The number of benzene rings is 2. The summed E-state index contributed by atoms with van der Waals surface area (Å²) in [6.07, 6.45) is 0. The van der Waals surface area contributed by atoms with Crippen LogP contribution in [0.3, 0.4) is 0 Å². The Bertz CT molecular complexity index is 540. The number of rotatable bonds is 4. The molecule has 0 aliphatic carbocycles. The first-order valence-electron chi connectivity index (χ1n) is 5.47. The van der Waals surface area contributed by atoms with E-state index in [0.717, 1.165) is 5.56 Å². The van der Waals surface area contributed by atoms with Gasteiger partial charge < -0.3 is 10.5 Å². The summed E-state index contributed by atoms with van der Waals surface area (Å²) in [5.74, 6) is 0.453. The van der Waals surface area contributed by atoms with Crippen molar-refractivity contribution in [2.45, 2.75) is 6.61 Å². The van der Waals surface area contributed by atoms with Crippen LogP contribution in [-0.4, -0.2) is 5.84 Å². The van der Waals surface area contributed by atoms with Gasteiger partial charge in [-0.2, -0.15) is 0 Å². The molecule has 0 heterocycles. The Kier molecular flexibility index (Phi) is 5.33. The van der Waals surface area contributed by atoms with Gasteiger partial charge in [0.2, 0.25) is 0 Å². The van der Waals surface area contributed by atoms with Crippen molar-refractivity contribution in [3.8, 4) is 5.75 Å². The first-order chi connectivity index (χ1) is 8.65. The summed E-state index contributed by atoms with van der Waals surface area (Å²) in [4.78, 5) is 0. The smallest absolute Gasteiger partial charge is 0.123 e. The average molecular weight is 281 g/mol. The van der Waals surface area contributed by atoms with E-state index >= 15 is 0 Å². The maximum absolute atomic E-state index is 12.7. The van der Waals surface area contributed by atoms with Crippen LogP contribution < -0.4 is 10.5 Å². The Labute approximate surface area is 117 Å². The molecular weight excluding hydrogens is 267 g/mol. The van der Waals surface area contributed by atoms with Crippen molar-refractivity contribution in [1.82, 2.24) is 0 Å². The maximum Gasteiger partial charge on any atom is 0.123 e. The van der Waals surface area contributed by atoms with E-state index in [4.69, 9.17) is 15.9 Å². The van der Waals surface area contributed by atoms with E-state index in [1.54, 1.807) is 36.4 Å². The largest absolute Gasteiger partial charge is 0.489 e. The van der Waals surface area contributed by atoms with Crippen molar-refractivity contribution in [3.05, 3.63) is 65.5 Å². The molecule has 0 amide bonds. The molecule has 0 aromatic heterocycles. The predicted molar refractivity (Wildman–Crippen MR) is 75.4 cm³/mol. The third-order valence-corrected chi connectivity index (χ3v) is 2.48. The molecular formula is C14H14ClFN2O. The molecule has 19 heavy (non-hydrogen) atoms. The molecule has 3 N–H and O–H groups in total. The number of nitrogens with one attached hydrogen (secondary N) is 1. The van der Waals surface area contributed by atoms with E-state index in [-0.39, 0.29) is 24.1 Å². The zero-order valence-electron chi connectivity index (χ0n) is 10.1. The van der Waals surface area contributed by atoms with Crippen LogP contribution in [0.1, 0.15) is 11.1 Å². The van der Waals surface area contributed by atoms with E-state index in [1.807, 2.05) is 0 Å². The molecule has 2 rings (SSSR count). The van der Waals surface area contributed by atoms with Crippen molar-refractivity contribution >= 4 is 18.2 Å². The van der Waals surface area contributed by atoms with E-state index in [1.165, 1.54) is 12.1 Å². The van der Waals surface area contributed by atoms with Crippen LogP contribution in [0.4, 0.5) is 4.39 Å². The van der Waals surface area contributed by atoms with Crippen molar-refractivity contribution in [3.63, 3.8) is 0 Å². The number of nitrogen functional groups attached to an aromatic ring is 1. The summed E-state index contributed by atoms with van der Waals surface area (Å²) in [5, 5.41) is 7.26. The van der Waals surface area contributed by atoms with Crippen molar-refractivity contribution in [2.24, 2.45) is 5.73 Å². The molecule has 2 aromatic carbocycles. The molecule has 0 atom stereocenters. The Morgan fingerprint density at radius 3 is 2.16 bits per heavy atom. The minimum absolute atomic E-state index is 0. The quantitative estimate of drug-likeness (QED) is 0.668. The lowest BCUT2D eigenvalue weighted by Crippen LogP contribution is -2.10. The zero-order valence-corrected chi connectivity index (χ0v) is 10.9. The molecule has 0 bridgehead atoms. The minimum atomic E-state index is -0.260. The lowest BCUT2D eigenvalue weighted by Gasteiger charge is -2.07. The first kappa shape index (κ1) is 15.0. The van der Waals surface area contributed by atoms with Gasteiger partial charge in [0.05, 0.1) is 0 Å². The van der Waals surface area contributed by atoms with E-state index < -0.39 is 0 Å². The number of amidine groups is 1. The highest BCUT2D eigenvalue weighted by Crippen LogP contribution is 2.14. The first-order valence-corrected chi connectivity index (χ1v) is 5.47. The molecule has 0 aliphatic rings. The van der Waals surface area contributed by atoms with Gasteiger partial charge in [0.1, 0.15) is 24.0 Å². The fourth-order valence-corrected chi connectivity index (χ4v) is 1.48. The topological polar surface area (TPSA) is 59.1 Å². The standard InChI is InChI=1S/C14H13FN2O.ClH/c15-12-5-1-10(2-6-12)9-18-13-7-3-11(4-8-13)14(16)17;/h1-8H,9H2,(H3,16,17);1H. The highest BCUT2D eigenvalue weighted by Gasteiger charge is 1.99. The molecule has 2 aromatic rings. The van der Waals surface area contributed by atoms with Crippen molar-refractivity contribution < 1.29 is 9.13 Å². The van der Waals surface area contributed by atoms with E-state index in [0.29, 0.717) is 17.9 Å². The van der Waals surface area contributed by atoms with Crippen LogP contribution in [0.15, 0.2) is 48.5 Å². The SMILES string of the molecule is Cl.N=C(N)c1ccc(OCc2ccc(F)cc2)cc1. The molecule has 0 spiro atoms. The monoisotopic (exact) mass is 280 g/mol. The summed E-state index contributed by atoms with van der Waals surface area (Å²) in [7, 11) is 0. The second-order valence-corrected chi connectivity index (χ2v) is 3.85. The van der Waals surface area contributed by atoms with Gasteiger partial charge >= 0.3 is 0 Å². The number of halogens is 2. The molecule has 0 saturated heterocycles. The average Bonchev–Trinajstić information content (AvgIpc) is 2.38. The third-order valence-electron chi connectivity index (χ3n) is 2.48. The summed E-state index contributed by atoms with van der Waals surface area (Å²) in [6, 6.07) is 13.1.